The fraction of sp³-hybridized carbons (Fsp3) is 0.189. The van der Waals surface area contributed by atoms with Crippen molar-refractivity contribution in [3.63, 3.8) is 0 Å². The lowest BCUT2D eigenvalue weighted by atomic mass is 9.65. The average Bonchev–Trinajstić information content (AvgIpc) is 2.95. The van der Waals surface area contributed by atoms with Crippen LogP contribution in [0.4, 0.5) is 5.69 Å². The topological polar surface area (TPSA) is 12.0 Å². The number of allylic oxidation sites excluding steroid dienone is 9. The van der Waals surface area contributed by atoms with Gasteiger partial charge in [-0.3, -0.25) is 0 Å². The highest BCUT2D eigenvalue weighted by molar-refractivity contribution is 5.74. The zero-order valence-corrected chi connectivity index (χ0v) is 23.2. The number of benzene rings is 3. The monoisotopic (exact) mass is 499 g/mol. The van der Waals surface area contributed by atoms with Gasteiger partial charge in [0.1, 0.15) is 0 Å². The van der Waals surface area contributed by atoms with Crippen LogP contribution in [0.2, 0.25) is 0 Å². The standard InChI is InChI=1S/C37H41N/c1-6-17-31(32-20-12-10-13-21-32)22-16-28-38-35-26-25-30(5)36(29-35)37(27-9-4,33(18-7-2)19-8-3)34-23-14-11-15-24-34/h7-26,29,38H,2,4,6,27-28H2,1,3,5H3/b19-8-,22-16-,31-17+,33-18+. The molecule has 0 amide bonds. The molecule has 0 aliphatic carbocycles. The molecule has 0 aromatic heterocycles. The number of anilines is 1. The van der Waals surface area contributed by atoms with Crippen molar-refractivity contribution in [2.24, 2.45) is 0 Å². The molecule has 3 aromatic rings. The highest BCUT2D eigenvalue weighted by Gasteiger charge is 2.37. The maximum atomic E-state index is 4.16. The zero-order chi connectivity index (χ0) is 27.2. The van der Waals surface area contributed by atoms with Gasteiger partial charge in [-0.25, -0.2) is 0 Å². The molecule has 1 unspecified atom stereocenters. The predicted octanol–water partition coefficient (Wildman–Crippen LogP) is 10.0. The van der Waals surface area contributed by atoms with Crippen LogP contribution in [-0.2, 0) is 5.41 Å². The Morgan fingerprint density at radius 1 is 0.921 bits per heavy atom. The largest absolute Gasteiger partial charge is 0.382 e. The molecule has 1 atom stereocenters. The number of hydrogen-bond donors (Lipinski definition) is 1. The Morgan fingerprint density at radius 2 is 1.63 bits per heavy atom. The number of aryl methyl sites for hydroxylation is 1. The van der Waals surface area contributed by atoms with E-state index < -0.39 is 0 Å². The van der Waals surface area contributed by atoms with Crippen molar-refractivity contribution in [1.82, 2.24) is 0 Å². The minimum atomic E-state index is -0.383. The Morgan fingerprint density at radius 3 is 2.26 bits per heavy atom. The molecule has 3 aromatic carbocycles. The Balaban J connectivity index is 2.01. The quantitative estimate of drug-likeness (QED) is 0.182. The Labute approximate surface area is 230 Å². The summed E-state index contributed by atoms with van der Waals surface area (Å²) in [6.07, 6.45) is 18.8. The molecular formula is C37H41N. The fourth-order valence-electron chi connectivity index (χ4n) is 5.10. The summed E-state index contributed by atoms with van der Waals surface area (Å²) in [5.41, 5.74) is 8.14. The van der Waals surface area contributed by atoms with Crippen molar-refractivity contribution in [3.05, 3.63) is 168 Å². The maximum absolute atomic E-state index is 4.16. The molecule has 3 rings (SSSR count). The van der Waals surface area contributed by atoms with Crippen LogP contribution < -0.4 is 5.32 Å². The van der Waals surface area contributed by atoms with Crippen LogP contribution in [0.3, 0.4) is 0 Å². The number of nitrogens with one attached hydrogen (secondary N) is 1. The summed E-state index contributed by atoms with van der Waals surface area (Å²) < 4.78 is 0. The smallest absolute Gasteiger partial charge is 0.0488 e. The van der Waals surface area contributed by atoms with Gasteiger partial charge in [0.15, 0.2) is 0 Å². The van der Waals surface area contributed by atoms with Gasteiger partial charge in [-0.05, 0) is 72.2 Å². The number of hydrogen-bond acceptors (Lipinski definition) is 1. The van der Waals surface area contributed by atoms with E-state index in [0.29, 0.717) is 0 Å². The third kappa shape index (κ3) is 6.81. The van der Waals surface area contributed by atoms with Crippen LogP contribution in [0.25, 0.3) is 5.57 Å². The lowest BCUT2D eigenvalue weighted by molar-refractivity contribution is 0.622. The molecular weight excluding hydrogens is 458 g/mol. The molecule has 0 saturated carbocycles. The zero-order valence-electron chi connectivity index (χ0n) is 23.2. The normalized spacial score (nSPS) is 14.0. The summed E-state index contributed by atoms with van der Waals surface area (Å²) >= 11 is 0. The van der Waals surface area contributed by atoms with Crippen LogP contribution in [0.5, 0.6) is 0 Å². The van der Waals surface area contributed by atoms with Crippen molar-refractivity contribution in [3.8, 4) is 0 Å². The second-order valence-corrected chi connectivity index (χ2v) is 9.37. The van der Waals surface area contributed by atoms with Crippen LogP contribution in [0, 0.1) is 6.92 Å². The van der Waals surface area contributed by atoms with Gasteiger partial charge < -0.3 is 5.32 Å². The van der Waals surface area contributed by atoms with Crippen LogP contribution in [0.15, 0.2) is 146 Å². The molecule has 0 spiro atoms. The summed E-state index contributed by atoms with van der Waals surface area (Å²) in [6.45, 7) is 15.4. The third-order valence-electron chi connectivity index (χ3n) is 6.80. The van der Waals surface area contributed by atoms with Gasteiger partial charge in [-0.15, -0.1) is 6.58 Å². The lowest BCUT2D eigenvalue weighted by Gasteiger charge is -2.37. The maximum Gasteiger partial charge on any atom is 0.0488 e. The Bertz CT molecular complexity index is 1310. The van der Waals surface area contributed by atoms with E-state index in [1.807, 2.05) is 12.2 Å². The third-order valence-corrected chi connectivity index (χ3v) is 6.80. The van der Waals surface area contributed by atoms with Crippen molar-refractivity contribution in [2.45, 2.75) is 39.0 Å². The van der Waals surface area contributed by atoms with Crippen molar-refractivity contribution >= 4 is 11.3 Å². The van der Waals surface area contributed by atoms with Gasteiger partial charge in [0.25, 0.3) is 0 Å². The van der Waals surface area contributed by atoms with Crippen molar-refractivity contribution < 1.29 is 0 Å². The lowest BCUT2D eigenvalue weighted by Crippen LogP contribution is -2.30. The van der Waals surface area contributed by atoms with Gasteiger partial charge in [0.05, 0.1) is 0 Å². The Kier molecular flexibility index (Phi) is 10.9. The van der Waals surface area contributed by atoms with E-state index in [4.69, 9.17) is 0 Å². The van der Waals surface area contributed by atoms with E-state index >= 15 is 0 Å². The van der Waals surface area contributed by atoms with Crippen LogP contribution in [-0.4, -0.2) is 6.54 Å². The second-order valence-electron chi connectivity index (χ2n) is 9.37. The van der Waals surface area contributed by atoms with Crippen LogP contribution >= 0.6 is 0 Å². The molecule has 0 radical (unpaired) electrons. The summed E-state index contributed by atoms with van der Waals surface area (Å²) in [7, 11) is 0. The van der Waals surface area contributed by atoms with E-state index in [0.717, 1.165) is 25.1 Å². The second kappa shape index (κ2) is 14.6. The first-order valence-corrected chi connectivity index (χ1v) is 13.5. The summed E-state index contributed by atoms with van der Waals surface area (Å²) in [6, 6.07) is 28.0. The van der Waals surface area contributed by atoms with E-state index in [1.165, 1.54) is 33.4 Å². The molecule has 0 aliphatic rings. The molecule has 0 bridgehead atoms. The minimum Gasteiger partial charge on any atom is -0.382 e. The van der Waals surface area contributed by atoms with E-state index in [-0.39, 0.29) is 5.41 Å². The molecule has 1 N–H and O–H groups in total. The first-order valence-electron chi connectivity index (χ1n) is 13.5. The van der Waals surface area contributed by atoms with E-state index in [1.54, 1.807) is 0 Å². The van der Waals surface area contributed by atoms with Crippen LogP contribution in [0.1, 0.15) is 48.9 Å². The molecule has 0 heterocycles. The van der Waals surface area contributed by atoms with E-state index in [2.05, 4.69) is 155 Å². The molecule has 194 valence electrons. The van der Waals surface area contributed by atoms with Gasteiger partial charge >= 0.3 is 0 Å². The van der Waals surface area contributed by atoms with Crippen molar-refractivity contribution in [1.29, 1.82) is 0 Å². The first-order chi connectivity index (χ1) is 18.6. The van der Waals surface area contributed by atoms with Gasteiger partial charge in [-0.2, -0.15) is 0 Å². The molecule has 0 fully saturated rings. The minimum absolute atomic E-state index is 0.383. The summed E-state index contributed by atoms with van der Waals surface area (Å²) in [5, 5.41) is 3.63. The SMILES string of the molecule is C=C/C=C(\C=C/C)C(CC=C)(c1ccccc1)c1cc(NC/C=C\C(=C/CC)c2ccccc2)ccc1C. The molecule has 38 heavy (non-hydrogen) atoms. The molecule has 0 saturated heterocycles. The highest BCUT2D eigenvalue weighted by Crippen LogP contribution is 2.45. The van der Waals surface area contributed by atoms with Crippen molar-refractivity contribution in [2.75, 3.05) is 11.9 Å². The van der Waals surface area contributed by atoms with Gasteiger partial charge in [-0.1, -0.05) is 129 Å². The first kappa shape index (κ1) is 28.5. The Hall–Kier alpha value is -4.10. The number of rotatable bonds is 13. The summed E-state index contributed by atoms with van der Waals surface area (Å²) in [5.74, 6) is 0. The predicted molar refractivity (Wildman–Crippen MR) is 169 cm³/mol. The van der Waals surface area contributed by atoms with E-state index in [9.17, 15) is 0 Å². The molecule has 1 nitrogen and oxygen atoms in total. The van der Waals surface area contributed by atoms with Gasteiger partial charge in [0, 0.05) is 17.6 Å². The molecule has 0 aliphatic heterocycles. The highest BCUT2D eigenvalue weighted by atomic mass is 14.9. The average molecular weight is 500 g/mol. The fourth-order valence-corrected chi connectivity index (χ4v) is 5.10. The van der Waals surface area contributed by atoms with Gasteiger partial charge in [0.2, 0.25) is 0 Å². The summed E-state index contributed by atoms with van der Waals surface area (Å²) in [4.78, 5) is 0. The molecule has 1 heteroatoms.